The molecule has 6 heteroatoms. The van der Waals surface area contributed by atoms with Crippen LogP contribution in [0.1, 0.15) is 22.0 Å². The van der Waals surface area contributed by atoms with Crippen molar-refractivity contribution in [3.05, 3.63) is 39.7 Å². The maximum atomic E-state index is 6.00. The van der Waals surface area contributed by atoms with E-state index in [1.165, 1.54) is 4.88 Å². The Labute approximate surface area is 120 Å². The van der Waals surface area contributed by atoms with E-state index in [1.54, 1.807) is 11.3 Å². The third-order valence-corrected chi connectivity index (χ3v) is 4.23. The van der Waals surface area contributed by atoms with Gasteiger partial charge in [-0.25, -0.2) is 15.0 Å². The summed E-state index contributed by atoms with van der Waals surface area (Å²) in [6.45, 7) is 4.76. The number of thiazole rings is 1. The highest BCUT2D eigenvalue weighted by Gasteiger charge is 2.13. The maximum absolute atomic E-state index is 6.00. The fourth-order valence-corrected chi connectivity index (χ4v) is 3.02. The fourth-order valence-electron chi connectivity index (χ4n) is 2.05. The first-order valence-electron chi connectivity index (χ1n) is 5.95. The van der Waals surface area contributed by atoms with Gasteiger partial charge in [-0.15, -0.1) is 22.9 Å². The fraction of sp³-hybridized carbons (Fsp3) is 0.308. The topological polar surface area (TPSA) is 43.6 Å². The van der Waals surface area contributed by atoms with Crippen molar-refractivity contribution in [2.45, 2.75) is 26.3 Å². The third kappa shape index (κ3) is 2.24. The van der Waals surface area contributed by atoms with Gasteiger partial charge in [-0.2, -0.15) is 0 Å². The zero-order valence-corrected chi connectivity index (χ0v) is 12.3. The van der Waals surface area contributed by atoms with Gasteiger partial charge in [0.2, 0.25) is 0 Å². The van der Waals surface area contributed by atoms with Crippen LogP contribution in [-0.2, 0) is 12.4 Å². The van der Waals surface area contributed by atoms with Crippen LogP contribution in [0.2, 0.25) is 0 Å². The molecule has 0 aliphatic rings. The number of fused-ring (bicyclic) bond motifs is 1. The Kier molecular flexibility index (Phi) is 3.24. The van der Waals surface area contributed by atoms with Gasteiger partial charge >= 0.3 is 0 Å². The number of pyridine rings is 1. The monoisotopic (exact) mass is 292 g/mol. The van der Waals surface area contributed by atoms with E-state index in [0.717, 1.165) is 34.8 Å². The predicted octanol–water partition coefficient (Wildman–Crippen LogP) is 3.29. The zero-order chi connectivity index (χ0) is 13.4. The lowest BCUT2D eigenvalue weighted by Crippen LogP contribution is -2.04. The summed E-state index contributed by atoms with van der Waals surface area (Å²) < 4.78 is 2.07. The number of hydrogen-bond acceptors (Lipinski definition) is 4. The molecule has 0 saturated carbocycles. The summed E-state index contributed by atoms with van der Waals surface area (Å²) in [5, 5.41) is 0. The molecule has 3 heterocycles. The number of alkyl halides is 1. The molecule has 0 aliphatic carbocycles. The number of rotatable bonds is 3. The first-order valence-corrected chi connectivity index (χ1v) is 7.37. The number of hydrogen-bond donors (Lipinski definition) is 0. The molecule has 0 amide bonds. The molecule has 0 atom stereocenters. The molecular formula is C13H13ClN4S. The third-order valence-electron chi connectivity index (χ3n) is 3.07. The van der Waals surface area contributed by atoms with Crippen LogP contribution in [0.4, 0.5) is 0 Å². The van der Waals surface area contributed by atoms with Crippen molar-refractivity contribution in [3.8, 4) is 0 Å². The number of halogens is 1. The molecule has 0 aliphatic heterocycles. The Morgan fingerprint density at radius 2 is 2.16 bits per heavy atom. The highest BCUT2D eigenvalue weighted by molar-refractivity contribution is 7.09. The molecule has 0 bridgehead atoms. The average molecular weight is 293 g/mol. The van der Waals surface area contributed by atoms with E-state index in [4.69, 9.17) is 11.6 Å². The van der Waals surface area contributed by atoms with Crippen molar-refractivity contribution in [3.63, 3.8) is 0 Å². The standard InChI is InChI=1S/C13H13ClN4S/c1-8-3-10-13(15-5-8)18(12(4-14)17-10)6-11-9(2)16-7-19-11/h3,5,7H,4,6H2,1-2H3. The molecule has 0 N–H and O–H groups in total. The second-order valence-corrected chi connectivity index (χ2v) is 5.67. The van der Waals surface area contributed by atoms with E-state index in [2.05, 4.69) is 19.5 Å². The van der Waals surface area contributed by atoms with Crippen LogP contribution < -0.4 is 0 Å². The molecule has 0 aromatic carbocycles. The number of imidazole rings is 1. The van der Waals surface area contributed by atoms with Gasteiger partial charge in [0.05, 0.1) is 23.6 Å². The molecule has 3 aromatic heterocycles. The minimum atomic E-state index is 0.382. The molecular weight excluding hydrogens is 280 g/mol. The van der Waals surface area contributed by atoms with Crippen LogP contribution in [0.3, 0.4) is 0 Å². The molecule has 4 nitrogen and oxygen atoms in total. The van der Waals surface area contributed by atoms with Gasteiger partial charge in [0.15, 0.2) is 5.65 Å². The average Bonchev–Trinajstić information content (AvgIpc) is 2.94. The Morgan fingerprint density at radius 1 is 1.32 bits per heavy atom. The van der Waals surface area contributed by atoms with Gasteiger partial charge in [-0.1, -0.05) is 0 Å². The summed E-state index contributed by atoms with van der Waals surface area (Å²) in [5.41, 5.74) is 5.81. The van der Waals surface area contributed by atoms with Crippen LogP contribution in [0.25, 0.3) is 11.2 Å². The number of nitrogens with zero attached hydrogens (tertiary/aromatic N) is 4. The summed E-state index contributed by atoms with van der Waals surface area (Å²) in [4.78, 5) is 14.5. The van der Waals surface area contributed by atoms with Gasteiger partial charge in [0.1, 0.15) is 11.3 Å². The lowest BCUT2D eigenvalue weighted by molar-refractivity contribution is 0.774. The number of aryl methyl sites for hydroxylation is 2. The highest BCUT2D eigenvalue weighted by atomic mass is 35.5. The van der Waals surface area contributed by atoms with Crippen LogP contribution in [-0.4, -0.2) is 19.5 Å². The number of aromatic nitrogens is 4. The van der Waals surface area contributed by atoms with Crippen molar-refractivity contribution >= 4 is 34.1 Å². The maximum Gasteiger partial charge on any atom is 0.160 e. The minimum Gasteiger partial charge on any atom is -0.306 e. The predicted molar refractivity (Wildman–Crippen MR) is 77.8 cm³/mol. The van der Waals surface area contributed by atoms with E-state index >= 15 is 0 Å². The van der Waals surface area contributed by atoms with Crippen molar-refractivity contribution in [1.29, 1.82) is 0 Å². The smallest absolute Gasteiger partial charge is 0.160 e. The second-order valence-electron chi connectivity index (χ2n) is 4.46. The van der Waals surface area contributed by atoms with Crippen LogP contribution in [0, 0.1) is 13.8 Å². The summed E-state index contributed by atoms with van der Waals surface area (Å²) in [5.74, 6) is 1.23. The first-order chi connectivity index (χ1) is 9.19. The first kappa shape index (κ1) is 12.6. The molecule has 0 fully saturated rings. The van der Waals surface area contributed by atoms with Crippen molar-refractivity contribution < 1.29 is 0 Å². The molecule has 98 valence electrons. The molecule has 0 radical (unpaired) electrons. The molecule has 0 saturated heterocycles. The van der Waals surface area contributed by atoms with Gasteiger partial charge in [-0.3, -0.25) is 0 Å². The molecule has 19 heavy (non-hydrogen) atoms. The summed E-state index contributed by atoms with van der Waals surface area (Å²) in [6.07, 6.45) is 1.86. The van der Waals surface area contributed by atoms with Gasteiger partial charge in [0, 0.05) is 11.1 Å². The Bertz CT molecular complexity index is 731. The lowest BCUT2D eigenvalue weighted by Gasteiger charge is -2.05. The zero-order valence-electron chi connectivity index (χ0n) is 10.7. The van der Waals surface area contributed by atoms with Crippen LogP contribution in [0.5, 0.6) is 0 Å². The molecule has 0 unspecified atom stereocenters. The summed E-state index contributed by atoms with van der Waals surface area (Å²) >= 11 is 7.65. The summed E-state index contributed by atoms with van der Waals surface area (Å²) in [6, 6.07) is 2.04. The Balaban J connectivity index is 2.13. The van der Waals surface area contributed by atoms with Crippen LogP contribution >= 0.6 is 22.9 Å². The molecule has 3 rings (SSSR count). The molecule has 3 aromatic rings. The van der Waals surface area contributed by atoms with E-state index in [-0.39, 0.29) is 0 Å². The largest absolute Gasteiger partial charge is 0.306 e. The Hall–Kier alpha value is -1.46. The van der Waals surface area contributed by atoms with Crippen molar-refractivity contribution in [2.24, 2.45) is 0 Å². The summed E-state index contributed by atoms with van der Waals surface area (Å²) in [7, 11) is 0. The second kappa shape index (κ2) is 4.90. The Morgan fingerprint density at radius 3 is 2.84 bits per heavy atom. The molecule has 0 spiro atoms. The van der Waals surface area contributed by atoms with Crippen LogP contribution in [0.15, 0.2) is 17.8 Å². The van der Waals surface area contributed by atoms with E-state index < -0.39 is 0 Å². The van der Waals surface area contributed by atoms with E-state index in [1.807, 2.05) is 31.6 Å². The quantitative estimate of drug-likeness (QED) is 0.696. The van der Waals surface area contributed by atoms with Gasteiger partial charge in [-0.05, 0) is 25.5 Å². The van der Waals surface area contributed by atoms with Crippen molar-refractivity contribution in [1.82, 2.24) is 19.5 Å². The highest BCUT2D eigenvalue weighted by Crippen LogP contribution is 2.21. The van der Waals surface area contributed by atoms with Gasteiger partial charge < -0.3 is 4.57 Å². The van der Waals surface area contributed by atoms with E-state index in [9.17, 15) is 0 Å². The minimum absolute atomic E-state index is 0.382. The SMILES string of the molecule is Cc1cnc2c(c1)nc(CCl)n2Cc1scnc1C. The van der Waals surface area contributed by atoms with Gasteiger partial charge in [0.25, 0.3) is 0 Å². The van der Waals surface area contributed by atoms with Crippen molar-refractivity contribution in [2.75, 3.05) is 0 Å². The lowest BCUT2D eigenvalue weighted by atomic mass is 10.3. The normalized spacial score (nSPS) is 11.3. The van der Waals surface area contributed by atoms with E-state index in [0.29, 0.717) is 5.88 Å².